The van der Waals surface area contributed by atoms with Crippen LogP contribution in [0.25, 0.3) is 0 Å². The van der Waals surface area contributed by atoms with Crippen molar-refractivity contribution in [3.05, 3.63) is 29.3 Å². The summed E-state index contributed by atoms with van der Waals surface area (Å²) in [6.07, 6.45) is -0.359. The van der Waals surface area contributed by atoms with Gasteiger partial charge in [-0.2, -0.15) is 0 Å². The summed E-state index contributed by atoms with van der Waals surface area (Å²) in [4.78, 5) is 10.9. The van der Waals surface area contributed by atoms with Crippen LogP contribution in [0.2, 0.25) is 5.02 Å². The van der Waals surface area contributed by atoms with Crippen molar-refractivity contribution in [2.24, 2.45) is 0 Å². The van der Waals surface area contributed by atoms with E-state index in [1.165, 1.54) is 0 Å². The van der Waals surface area contributed by atoms with Gasteiger partial charge >= 0.3 is 5.97 Å². The van der Waals surface area contributed by atoms with E-state index in [4.69, 9.17) is 32.7 Å². The van der Waals surface area contributed by atoms with Gasteiger partial charge in [0, 0.05) is 0 Å². The molecule has 0 aliphatic rings. The number of carbonyl (C=O) groups is 1. The lowest BCUT2D eigenvalue weighted by molar-refractivity contribution is -0.146. The van der Waals surface area contributed by atoms with Crippen molar-refractivity contribution in [3.8, 4) is 5.75 Å². The van der Waals surface area contributed by atoms with Gasteiger partial charge in [-0.15, -0.1) is 11.6 Å². The number of halogens is 2. The SMILES string of the molecule is C[C@H](COc1ccccc1Cl)OC(=O)CCl. The highest BCUT2D eigenvalue weighted by atomic mass is 35.5. The van der Waals surface area contributed by atoms with Crippen molar-refractivity contribution in [1.29, 1.82) is 0 Å². The fraction of sp³-hybridized carbons (Fsp3) is 0.364. The lowest BCUT2D eigenvalue weighted by Crippen LogP contribution is -2.22. The summed E-state index contributed by atoms with van der Waals surface area (Å²) in [6, 6.07) is 7.10. The second-order valence-corrected chi connectivity index (χ2v) is 3.85. The second-order valence-electron chi connectivity index (χ2n) is 3.18. The van der Waals surface area contributed by atoms with Crippen LogP contribution < -0.4 is 4.74 Å². The maximum absolute atomic E-state index is 10.9. The minimum absolute atomic E-state index is 0.156. The molecule has 88 valence electrons. The van der Waals surface area contributed by atoms with Crippen molar-refractivity contribution in [2.45, 2.75) is 13.0 Å². The van der Waals surface area contributed by atoms with Crippen molar-refractivity contribution in [2.75, 3.05) is 12.5 Å². The van der Waals surface area contributed by atoms with Crippen LogP contribution in [-0.4, -0.2) is 24.6 Å². The number of alkyl halides is 1. The van der Waals surface area contributed by atoms with Gasteiger partial charge in [0.1, 0.15) is 24.3 Å². The summed E-state index contributed by atoms with van der Waals surface area (Å²) >= 11 is 11.2. The highest BCUT2D eigenvalue weighted by Gasteiger charge is 2.09. The van der Waals surface area contributed by atoms with Gasteiger partial charge in [0.25, 0.3) is 0 Å². The molecular formula is C11H12Cl2O3. The number of esters is 1. The van der Waals surface area contributed by atoms with Crippen molar-refractivity contribution < 1.29 is 14.3 Å². The van der Waals surface area contributed by atoms with E-state index in [-0.39, 0.29) is 18.6 Å². The average Bonchev–Trinajstić information content (AvgIpc) is 2.28. The third-order valence-electron chi connectivity index (χ3n) is 1.75. The van der Waals surface area contributed by atoms with Gasteiger partial charge in [-0.1, -0.05) is 23.7 Å². The van der Waals surface area contributed by atoms with E-state index in [0.717, 1.165) is 0 Å². The summed E-state index contributed by atoms with van der Waals surface area (Å²) < 4.78 is 10.3. The molecule has 16 heavy (non-hydrogen) atoms. The molecule has 0 heterocycles. The van der Waals surface area contributed by atoms with Gasteiger partial charge in [0.15, 0.2) is 0 Å². The Bertz CT molecular complexity index is 355. The Kier molecular flexibility index (Phi) is 5.43. The molecule has 0 bridgehead atoms. The first-order chi connectivity index (χ1) is 7.63. The van der Waals surface area contributed by atoms with E-state index in [2.05, 4.69) is 0 Å². The molecule has 1 aromatic carbocycles. The molecule has 5 heteroatoms. The smallest absolute Gasteiger partial charge is 0.321 e. The molecule has 1 aromatic rings. The molecule has 0 saturated heterocycles. The highest BCUT2D eigenvalue weighted by molar-refractivity contribution is 6.32. The standard InChI is InChI=1S/C11H12Cl2O3/c1-8(16-11(14)6-12)7-15-10-5-3-2-4-9(10)13/h2-5,8H,6-7H2,1H3/t8-/m1/s1. The topological polar surface area (TPSA) is 35.5 Å². The third kappa shape index (κ3) is 4.29. The average molecular weight is 263 g/mol. The van der Waals surface area contributed by atoms with Crippen LogP contribution in [0.5, 0.6) is 5.75 Å². The quantitative estimate of drug-likeness (QED) is 0.605. The maximum atomic E-state index is 10.9. The molecule has 0 aliphatic carbocycles. The van der Waals surface area contributed by atoms with E-state index in [1.807, 2.05) is 12.1 Å². The minimum Gasteiger partial charge on any atom is -0.488 e. The van der Waals surface area contributed by atoms with Crippen LogP contribution in [0.4, 0.5) is 0 Å². The molecule has 0 spiro atoms. The van der Waals surface area contributed by atoms with Crippen LogP contribution in [-0.2, 0) is 9.53 Å². The highest BCUT2D eigenvalue weighted by Crippen LogP contribution is 2.23. The summed E-state index contributed by atoms with van der Waals surface area (Å²) in [5, 5.41) is 0.526. The van der Waals surface area contributed by atoms with Gasteiger partial charge in [-0.05, 0) is 19.1 Å². The molecule has 0 fully saturated rings. The molecule has 1 rings (SSSR count). The summed E-state index contributed by atoms with van der Waals surface area (Å²) in [7, 11) is 0. The predicted octanol–water partition coefficient (Wildman–Crippen LogP) is 2.89. The number of rotatable bonds is 5. The van der Waals surface area contributed by atoms with Gasteiger partial charge in [-0.3, -0.25) is 4.79 Å². The Labute approximate surface area is 104 Å². The molecule has 3 nitrogen and oxygen atoms in total. The normalized spacial score (nSPS) is 11.9. The number of benzene rings is 1. The molecule has 0 aromatic heterocycles. The fourth-order valence-electron chi connectivity index (χ4n) is 1.06. The van der Waals surface area contributed by atoms with Gasteiger partial charge in [0.05, 0.1) is 5.02 Å². The Morgan fingerprint density at radius 1 is 1.44 bits per heavy atom. The fourth-order valence-corrected chi connectivity index (χ4v) is 1.31. The number of carbonyl (C=O) groups excluding carboxylic acids is 1. The first-order valence-corrected chi connectivity index (χ1v) is 5.67. The first-order valence-electron chi connectivity index (χ1n) is 4.76. The molecule has 0 unspecified atom stereocenters. The summed E-state index contributed by atoms with van der Waals surface area (Å²) in [5.74, 6) is -0.0500. The first kappa shape index (κ1) is 13.1. The number of para-hydroxylation sites is 1. The Hall–Kier alpha value is -0.930. The van der Waals surface area contributed by atoms with E-state index in [0.29, 0.717) is 10.8 Å². The predicted molar refractivity (Wildman–Crippen MR) is 63.2 cm³/mol. The van der Waals surface area contributed by atoms with Crippen LogP contribution in [0, 0.1) is 0 Å². The van der Waals surface area contributed by atoms with Crippen LogP contribution >= 0.6 is 23.2 Å². The lowest BCUT2D eigenvalue weighted by atomic mass is 10.3. The van der Waals surface area contributed by atoms with E-state index in [1.54, 1.807) is 19.1 Å². The van der Waals surface area contributed by atoms with Gasteiger partial charge in [0.2, 0.25) is 0 Å². The van der Waals surface area contributed by atoms with E-state index < -0.39 is 5.97 Å². The number of hydrogen-bond acceptors (Lipinski definition) is 3. The maximum Gasteiger partial charge on any atom is 0.321 e. The zero-order valence-corrected chi connectivity index (χ0v) is 10.3. The molecular weight excluding hydrogens is 251 g/mol. The second kappa shape index (κ2) is 6.61. The van der Waals surface area contributed by atoms with Crippen LogP contribution in [0.3, 0.4) is 0 Å². The van der Waals surface area contributed by atoms with Gasteiger partial charge < -0.3 is 9.47 Å². The van der Waals surface area contributed by atoms with Crippen molar-refractivity contribution >= 4 is 29.2 Å². The monoisotopic (exact) mass is 262 g/mol. The zero-order chi connectivity index (χ0) is 12.0. The van der Waals surface area contributed by atoms with E-state index in [9.17, 15) is 4.79 Å². The molecule has 0 radical (unpaired) electrons. The number of ether oxygens (including phenoxy) is 2. The van der Waals surface area contributed by atoms with Crippen molar-refractivity contribution in [1.82, 2.24) is 0 Å². The molecule has 0 amide bonds. The zero-order valence-electron chi connectivity index (χ0n) is 8.78. The molecule has 1 atom stereocenters. The van der Waals surface area contributed by atoms with E-state index >= 15 is 0 Å². The molecule has 0 N–H and O–H groups in total. The Balaban J connectivity index is 2.40. The summed E-state index contributed by atoms with van der Waals surface area (Å²) in [6.45, 7) is 1.97. The summed E-state index contributed by atoms with van der Waals surface area (Å²) in [5.41, 5.74) is 0. The lowest BCUT2D eigenvalue weighted by Gasteiger charge is -2.14. The van der Waals surface area contributed by atoms with Gasteiger partial charge in [-0.25, -0.2) is 0 Å². The number of hydrogen-bond donors (Lipinski definition) is 0. The van der Waals surface area contributed by atoms with Crippen LogP contribution in [0.1, 0.15) is 6.92 Å². The third-order valence-corrected chi connectivity index (χ3v) is 2.28. The Morgan fingerprint density at radius 3 is 2.75 bits per heavy atom. The van der Waals surface area contributed by atoms with Crippen molar-refractivity contribution in [3.63, 3.8) is 0 Å². The van der Waals surface area contributed by atoms with Crippen LogP contribution in [0.15, 0.2) is 24.3 Å². The largest absolute Gasteiger partial charge is 0.488 e. The molecule has 0 saturated carbocycles. The molecule has 0 aliphatic heterocycles. The Morgan fingerprint density at radius 2 is 2.12 bits per heavy atom. The minimum atomic E-state index is -0.461.